The summed E-state index contributed by atoms with van der Waals surface area (Å²) in [5, 5.41) is 0. The van der Waals surface area contributed by atoms with E-state index in [1.807, 2.05) is 6.92 Å². The van der Waals surface area contributed by atoms with Crippen LogP contribution in [0.4, 0.5) is 13.2 Å². The molecule has 1 saturated heterocycles. The Labute approximate surface area is 128 Å². The molecule has 2 rings (SSSR count). The number of likely N-dealkylation sites (tertiary alicyclic amines) is 1. The largest absolute Gasteiger partial charge is 0.449 e. The van der Waals surface area contributed by atoms with Crippen molar-refractivity contribution in [3.8, 4) is 0 Å². The van der Waals surface area contributed by atoms with Gasteiger partial charge < -0.3 is 9.64 Å². The maximum atomic E-state index is 12.2. The molecule has 0 N–H and O–H groups in total. The topological polar surface area (TPSA) is 46.6 Å². The maximum Gasteiger partial charge on any atom is 0.422 e. The van der Waals surface area contributed by atoms with Crippen molar-refractivity contribution in [2.45, 2.75) is 57.7 Å². The molecule has 2 fully saturated rings. The van der Waals surface area contributed by atoms with Gasteiger partial charge in [0.05, 0.1) is 0 Å². The summed E-state index contributed by atoms with van der Waals surface area (Å²) in [6, 6.07) is -0.0374. The van der Waals surface area contributed by atoms with Crippen molar-refractivity contribution in [3.05, 3.63) is 0 Å². The summed E-state index contributed by atoms with van der Waals surface area (Å²) in [6.07, 6.45) is 1.41. The van der Waals surface area contributed by atoms with Gasteiger partial charge in [0.15, 0.2) is 6.61 Å². The summed E-state index contributed by atoms with van der Waals surface area (Å²) < 4.78 is 40.4. The van der Waals surface area contributed by atoms with Crippen molar-refractivity contribution in [1.29, 1.82) is 0 Å². The highest BCUT2D eigenvalue weighted by molar-refractivity contribution is 6.32. The van der Waals surface area contributed by atoms with Crippen LogP contribution < -0.4 is 0 Å². The van der Waals surface area contributed by atoms with E-state index in [2.05, 4.69) is 4.74 Å². The number of hydrogen-bond acceptors (Lipinski definition) is 3. The molecule has 0 spiro atoms. The lowest BCUT2D eigenvalue weighted by molar-refractivity contribution is -0.190. The van der Waals surface area contributed by atoms with E-state index in [9.17, 15) is 22.8 Å². The number of rotatable bonds is 2. The summed E-state index contributed by atoms with van der Waals surface area (Å²) in [7, 11) is 0. The number of amides is 1. The number of carbonyl (C=O) groups excluding carboxylic acids is 2. The van der Waals surface area contributed by atoms with E-state index in [-0.39, 0.29) is 12.0 Å². The molecule has 126 valence electrons. The maximum absolute atomic E-state index is 12.2. The Kier molecular flexibility index (Phi) is 5.34. The van der Waals surface area contributed by atoms with Gasteiger partial charge in [-0.1, -0.05) is 19.8 Å². The Morgan fingerprint density at radius 3 is 2.36 bits per heavy atom. The molecule has 1 aliphatic heterocycles. The number of esters is 1. The lowest BCUT2D eigenvalue weighted by Gasteiger charge is -2.41. The minimum absolute atomic E-state index is 0.0374. The number of halogens is 3. The molecule has 22 heavy (non-hydrogen) atoms. The molecule has 1 heterocycles. The zero-order valence-corrected chi connectivity index (χ0v) is 12.7. The normalized spacial score (nSPS) is 27.0. The second-order valence-electron chi connectivity index (χ2n) is 6.44. The van der Waals surface area contributed by atoms with Gasteiger partial charge in [-0.15, -0.1) is 0 Å². The SMILES string of the molecule is CC1CCC(C2CCCC2)N(C(=O)C(=O)OCC(F)(F)F)C1. The first kappa shape index (κ1) is 17.1. The lowest BCUT2D eigenvalue weighted by atomic mass is 9.85. The fraction of sp³-hybridized carbons (Fsp3) is 0.867. The average molecular weight is 321 g/mol. The number of ether oxygens (including phenoxy) is 1. The monoisotopic (exact) mass is 321 g/mol. The fourth-order valence-electron chi connectivity index (χ4n) is 3.57. The highest BCUT2D eigenvalue weighted by atomic mass is 19.4. The molecule has 0 bridgehead atoms. The summed E-state index contributed by atoms with van der Waals surface area (Å²) >= 11 is 0. The van der Waals surface area contributed by atoms with Crippen LogP contribution in [-0.2, 0) is 14.3 Å². The lowest BCUT2D eigenvalue weighted by Crippen LogP contribution is -2.52. The van der Waals surface area contributed by atoms with Crippen LogP contribution in [0, 0.1) is 11.8 Å². The molecule has 7 heteroatoms. The summed E-state index contributed by atoms with van der Waals surface area (Å²) in [4.78, 5) is 25.3. The molecule has 2 aliphatic rings. The highest BCUT2D eigenvalue weighted by Gasteiger charge is 2.40. The van der Waals surface area contributed by atoms with Crippen molar-refractivity contribution in [2.24, 2.45) is 11.8 Å². The molecule has 0 radical (unpaired) electrons. The molecule has 1 aliphatic carbocycles. The smallest absolute Gasteiger partial charge is 0.422 e. The summed E-state index contributed by atoms with van der Waals surface area (Å²) in [5.41, 5.74) is 0. The number of carbonyl (C=O) groups is 2. The van der Waals surface area contributed by atoms with Crippen LogP contribution in [-0.4, -0.2) is 42.1 Å². The molecular weight excluding hydrogens is 299 g/mol. The molecular formula is C15H22F3NO3. The van der Waals surface area contributed by atoms with Crippen LogP contribution in [0.25, 0.3) is 0 Å². The van der Waals surface area contributed by atoms with Crippen molar-refractivity contribution < 1.29 is 27.5 Å². The van der Waals surface area contributed by atoms with E-state index in [0.717, 1.165) is 38.5 Å². The first-order chi connectivity index (χ1) is 10.3. The van der Waals surface area contributed by atoms with Gasteiger partial charge in [-0.3, -0.25) is 4.79 Å². The van der Waals surface area contributed by atoms with Crippen LogP contribution in [0.1, 0.15) is 45.4 Å². The zero-order valence-electron chi connectivity index (χ0n) is 12.7. The minimum Gasteiger partial charge on any atom is -0.449 e. The number of piperidine rings is 1. The predicted octanol–water partition coefficient (Wildman–Crippen LogP) is 2.91. The van der Waals surface area contributed by atoms with E-state index in [1.54, 1.807) is 0 Å². The van der Waals surface area contributed by atoms with Crippen molar-refractivity contribution in [1.82, 2.24) is 4.90 Å². The Balaban J connectivity index is 2.01. The van der Waals surface area contributed by atoms with E-state index in [1.165, 1.54) is 4.90 Å². The van der Waals surface area contributed by atoms with Crippen LogP contribution in [0.5, 0.6) is 0 Å². The first-order valence-corrected chi connectivity index (χ1v) is 7.82. The molecule has 2 atom stereocenters. The fourth-order valence-corrected chi connectivity index (χ4v) is 3.57. The average Bonchev–Trinajstić information content (AvgIpc) is 2.97. The van der Waals surface area contributed by atoms with E-state index >= 15 is 0 Å². The standard InChI is InChI=1S/C15H22F3NO3/c1-10-6-7-12(11-4-2-3-5-11)19(8-10)13(20)14(21)22-9-15(16,17)18/h10-12H,2-9H2,1H3. The molecule has 4 nitrogen and oxygen atoms in total. The quantitative estimate of drug-likeness (QED) is 0.580. The second kappa shape index (κ2) is 6.87. The van der Waals surface area contributed by atoms with Gasteiger partial charge in [0, 0.05) is 12.6 Å². The van der Waals surface area contributed by atoms with Gasteiger partial charge >= 0.3 is 18.1 Å². The Morgan fingerprint density at radius 1 is 1.14 bits per heavy atom. The van der Waals surface area contributed by atoms with Gasteiger partial charge in [0.25, 0.3) is 0 Å². The molecule has 1 amide bonds. The van der Waals surface area contributed by atoms with Crippen LogP contribution >= 0.6 is 0 Å². The van der Waals surface area contributed by atoms with Gasteiger partial charge in [0.1, 0.15) is 0 Å². The Bertz CT molecular complexity index is 419. The van der Waals surface area contributed by atoms with Gasteiger partial charge in [0.2, 0.25) is 0 Å². The van der Waals surface area contributed by atoms with E-state index < -0.39 is 24.7 Å². The number of nitrogens with zero attached hydrogens (tertiary/aromatic N) is 1. The van der Waals surface area contributed by atoms with Crippen molar-refractivity contribution >= 4 is 11.9 Å². The third kappa shape index (κ3) is 4.36. The number of hydrogen-bond donors (Lipinski definition) is 0. The second-order valence-corrected chi connectivity index (χ2v) is 6.44. The van der Waals surface area contributed by atoms with Gasteiger partial charge in [-0.2, -0.15) is 13.2 Å². The molecule has 1 saturated carbocycles. The Hall–Kier alpha value is -1.27. The van der Waals surface area contributed by atoms with Crippen molar-refractivity contribution in [2.75, 3.05) is 13.2 Å². The first-order valence-electron chi connectivity index (χ1n) is 7.82. The van der Waals surface area contributed by atoms with Gasteiger partial charge in [-0.25, -0.2) is 4.79 Å². The third-order valence-corrected chi connectivity index (χ3v) is 4.61. The number of alkyl halides is 3. The zero-order chi connectivity index (χ0) is 16.3. The molecule has 0 aromatic carbocycles. The van der Waals surface area contributed by atoms with Crippen molar-refractivity contribution in [3.63, 3.8) is 0 Å². The molecule has 2 unspecified atom stereocenters. The summed E-state index contributed by atoms with van der Waals surface area (Å²) in [5.74, 6) is -1.72. The van der Waals surface area contributed by atoms with Crippen LogP contribution in [0.3, 0.4) is 0 Å². The minimum atomic E-state index is -4.62. The van der Waals surface area contributed by atoms with Crippen LogP contribution in [0.2, 0.25) is 0 Å². The van der Waals surface area contributed by atoms with Crippen LogP contribution in [0.15, 0.2) is 0 Å². The Morgan fingerprint density at radius 2 is 1.77 bits per heavy atom. The summed E-state index contributed by atoms with van der Waals surface area (Å²) in [6.45, 7) is 0.683. The molecule has 0 aromatic heterocycles. The van der Waals surface area contributed by atoms with Gasteiger partial charge in [-0.05, 0) is 37.5 Å². The predicted molar refractivity (Wildman–Crippen MR) is 72.9 cm³/mol. The highest BCUT2D eigenvalue weighted by Crippen LogP contribution is 2.36. The van der Waals surface area contributed by atoms with E-state index in [0.29, 0.717) is 12.5 Å². The van der Waals surface area contributed by atoms with E-state index in [4.69, 9.17) is 0 Å². The third-order valence-electron chi connectivity index (χ3n) is 4.61. The molecule has 0 aromatic rings.